The van der Waals surface area contributed by atoms with Crippen molar-refractivity contribution in [1.82, 2.24) is 9.96 Å². The molecule has 1 aromatic rings. The molecule has 2 aliphatic carbocycles. The Hall–Kier alpha value is -3.25. The molecule has 0 aliphatic heterocycles. The smallest absolute Gasteiger partial charge is 0.255 e. The van der Waals surface area contributed by atoms with Gasteiger partial charge in [-0.15, -0.1) is 0 Å². The number of carbonyl (C=O) groups is 3. The summed E-state index contributed by atoms with van der Waals surface area (Å²) in [6.07, 6.45) is 0.130. The monoisotopic (exact) mass is 489 g/mol. The summed E-state index contributed by atoms with van der Waals surface area (Å²) in [5, 5.41) is 45.2. The number of hydroxylamine groups is 2. The highest BCUT2D eigenvalue weighted by Gasteiger charge is 2.52. The number of fused-ring (bicyclic) bond motifs is 2. The molecule has 190 valence electrons. The molecule has 3 rings (SSSR count). The van der Waals surface area contributed by atoms with Gasteiger partial charge in [-0.1, -0.05) is 6.07 Å². The van der Waals surface area contributed by atoms with E-state index in [1.807, 2.05) is 0 Å². The van der Waals surface area contributed by atoms with Gasteiger partial charge in [0.2, 0.25) is 5.78 Å². The Bertz CT molecular complexity index is 1140. The minimum atomic E-state index is -2.63. The third kappa shape index (κ3) is 4.67. The second kappa shape index (κ2) is 9.78. The Morgan fingerprint density at radius 3 is 2.46 bits per heavy atom. The number of nitrogens with two attached hydrogens (primary N) is 1. The lowest BCUT2D eigenvalue weighted by Crippen LogP contribution is -2.50. The highest BCUT2D eigenvalue weighted by molar-refractivity contribution is 6.21. The minimum Gasteiger partial charge on any atom is -0.508 e. The molecule has 0 radical (unpaired) electrons. The predicted molar refractivity (Wildman–Crippen MR) is 125 cm³/mol. The lowest BCUT2D eigenvalue weighted by molar-refractivity contribution is -0.136. The van der Waals surface area contributed by atoms with Crippen molar-refractivity contribution < 1.29 is 39.6 Å². The molecule has 0 bridgehead atoms. The quantitative estimate of drug-likeness (QED) is 0.113. The first-order valence-electron chi connectivity index (χ1n) is 11.0. The van der Waals surface area contributed by atoms with E-state index in [2.05, 4.69) is 0 Å². The van der Waals surface area contributed by atoms with Gasteiger partial charge < -0.3 is 35.9 Å². The van der Waals surface area contributed by atoms with E-state index in [1.165, 1.54) is 18.1 Å². The molecule has 11 nitrogen and oxygen atoms in total. The molecule has 2 atom stereocenters. The predicted octanol–water partition coefficient (Wildman–Crippen LogP) is 0.349. The number of ketones is 2. The number of phenolic OH excluding ortho intramolecular Hbond substituents is 1. The average Bonchev–Trinajstić information content (AvgIpc) is 2.77. The number of carbonyl (C=O) groups excluding carboxylic acids is 3. The summed E-state index contributed by atoms with van der Waals surface area (Å²) >= 11 is 0. The van der Waals surface area contributed by atoms with Gasteiger partial charge in [-0.05, 0) is 56.5 Å². The number of hydrogen-bond acceptors (Lipinski definition) is 10. The van der Waals surface area contributed by atoms with Gasteiger partial charge in [0, 0.05) is 19.2 Å². The number of likely N-dealkylation sites (N-methyl/N-ethyl adjacent to an activating group) is 1. The Kier molecular flexibility index (Phi) is 7.37. The number of nitrogens with zero attached hydrogens (tertiary/aromatic N) is 2. The van der Waals surface area contributed by atoms with Crippen LogP contribution < -0.4 is 5.73 Å². The van der Waals surface area contributed by atoms with Gasteiger partial charge in [-0.25, -0.2) is 0 Å². The summed E-state index contributed by atoms with van der Waals surface area (Å²) in [7, 11) is 6.35. The molecule has 1 amide bonds. The summed E-state index contributed by atoms with van der Waals surface area (Å²) in [6, 6.07) is 3.09. The van der Waals surface area contributed by atoms with E-state index < -0.39 is 46.1 Å². The van der Waals surface area contributed by atoms with Crippen LogP contribution in [0.5, 0.6) is 5.75 Å². The van der Waals surface area contributed by atoms with E-state index in [-0.39, 0.29) is 42.7 Å². The molecule has 0 unspecified atom stereocenters. The minimum absolute atomic E-state index is 0.0538. The van der Waals surface area contributed by atoms with Crippen LogP contribution in [-0.4, -0.2) is 88.3 Å². The van der Waals surface area contributed by atoms with E-state index in [4.69, 9.17) is 10.6 Å². The first-order chi connectivity index (χ1) is 16.3. The van der Waals surface area contributed by atoms with Crippen molar-refractivity contribution in [2.45, 2.75) is 31.4 Å². The molecule has 0 aromatic heterocycles. The van der Waals surface area contributed by atoms with Crippen LogP contribution >= 0.6 is 0 Å². The molecular weight excluding hydrogens is 458 g/mol. The maximum atomic E-state index is 13.5. The lowest BCUT2D eigenvalue weighted by Gasteiger charge is -2.39. The Balaban J connectivity index is 2.14. The Labute approximate surface area is 202 Å². The van der Waals surface area contributed by atoms with Crippen molar-refractivity contribution in [3.8, 4) is 5.75 Å². The number of Topliss-reactive ketones (excluding diaryl/α,β-unsaturated/α-hetero) is 2. The maximum absolute atomic E-state index is 13.5. The number of phenols is 1. The number of primary amides is 1. The number of amides is 1. The van der Waals surface area contributed by atoms with Gasteiger partial charge in [0.05, 0.1) is 19.2 Å². The molecule has 1 saturated carbocycles. The number of benzene rings is 1. The topological polar surface area (TPSA) is 174 Å². The van der Waals surface area contributed by atoms with Crippen LogP contribution in [0, 0.1) is 5.92 Å². The Morgan fingerprint density at radius 1 is 1.23 bits per heavy atom. The van der Waals surface area contributed by atoms with Crippen molar-refractivity contribution in [3.05, 3.63) is 45.7 Å². The molecule has 0 heterocycles. The summed E-state index contributed by atoms with van der Waals surface area (Å²) < 4.78 is 0. The van der Waals surface area contributed by atoms with Crippen molar-refractivity contribution >= 4 is 23.2 Å². The van der Waals surface area contributed by atoms with E-state index in [0.717, 1.165) is 5.56 Å². The fourth-order valence-corrected chi connectivity index (χ4v) is 4.75. The fraction of sp³-hybridized carbons (Fsp3) is 0.458. The van der Waals surface area contributed by atoms with E-state index in [1.54, 1.807) is 32.3 Å². The van der Waals surface area contributed by atoms with Crippen molar-refractivity contribution in [1.29, 1.82) is 0 Å². The van der Waals surface area contributed by atoms with Crippen LogP contribution in [0.25, 0.3) is 5.76 Å². The molecule has 1 fully saturated rings. The number of hydrogen-bond donors (Lipinski definition) is 5. The van der Waals surface area contributed by atoms with E-state index in [9.17, 15) is 34.8 Å². The second-order valence-corrected chi connectivity index (χ2v) is 9.21. The van der Waals surface area contributed by atoms with Crippen LogP contribution in [0.15, 0.2) is 29.0 Å². The molecular formula is C24H31N3O8. The van der Waals surface area contributed by atoms with Crippen LogP contribution in [0.1, 0.15) is 29.5 Å². The van der Waals surface area contributed by atoms with Crippen LogP contribution in [-0.2, 0) is 32.2 Å². The van der Waals surface area contributed by atoms with Crippen LogP contribution in [0.3, 0.4) is 0 Å². The number of rotatable bonds is 8. The fourth-order valence-electron chi connectivity index (χ4n) is 4.75. The molecule has 1 aromatic carbocycles. The summed E-state index contributed by atoms with van der Waals surface area (Å²) in [5.74, 6) is -5.63. The van der Waals surface area contributed by atoms with Crippen LogP contribution in [0.4, 0.5) is 0 Å². The molecule has 35 heavy (non-hydrogen) atoms. The first kappa shape index (κ1) is 26.4. The summed E-state index contributed by atoms with van der Waals surface area (Å²) in [4.78, 5) is 44.6. The number of aliphatic hydroxyl groups excluding tert-OH is 2. The average molecular weight is 490 g/mol. The largest absolute Gasteiger partial charge is 0.508 e. The molecule has 2 aliphatic rings. The zero-order valence-corrected chi connectivity index (χ0v) is 20.2. The highest BCUT2D eigenvalue weighted by atomic mass is 16.7. The van der Waals surface area contributed by atoms with E-state index >= 15 is 0 Å². The zero-order chi connectivity index (χ0) is 26.2. The van der Waals surface area contributed by atoms with Gasteiger partial charge >= 0.3 is 0 Å². The number of aromatic hydroxyl groups is 1. The van der Waals surface area contributed by atoms with Crippen molar-refractivity contribution in [2.24, 2.45) is 11.7 Å². The van der Waals surface area contributed by atoms with Crippen LogP contribution in [0.2, 0.25) is 0 Å². The summed E-state index contributed by atoms with van der Waals surface area (Å²) in [6.45, 7) is 0.0644. The summed E-state index contributed by atoms with van der Waals surface area (Å²) in [5.41, 5.74) is 3.09. The molecule has 6 N–H and O–H groups in total. The normalized spacial score (nSPS) is 22.7. The third-order valence-corrected chi connectivity index (χ3v) is 6.53. The van der Waals surface area contributed by atoms with Gasteiger partial charge in [0.15, 0.2) is 11.4 Å². The highest BCUT2D eigenvalue weighted by Crippen LogP contribution is 2.47. The lowest BCUT2D eigenvalue weighted by atomic mass is 9.67. The first-order valence-corrected chi connectivity index (χ1v) is 11.0. The molecule has 11 heteroatoms. The van der Waals surface area contributed by atoms with Gasteiger partial charge in [0.1, 0.15) is 22.8 Å². The van der Waals surface area contributed by atoms with Gasteiger partial charge in [-0.3, -0.25) is 14.4 Å². The van der Waals surface area contributed by atoms with Crippen molar-refractivity contribution in [2.75, 3.05) is 34.8 Å². The standard InChI is InChI=1S/C24H31N3O8/c1-26(2)11-16(29)19(23(25)33)22(32)24(34)8-7-12-9-14-13(10-27(3)35-4)5-6-15(28)18(14)20(30)17(12)21(24)31/h5-6,12,28,30,32,34H,7-11H2,1-4H3,(H2,25,33)/t12-,24+/m1/s1. The maximum Gasteiger partial charge on any atom is 0.255 e. The zero-order valence-electron chi connectivity index (χ0n) is 20.2. The third-order valence-electron chi connectivity index (χ3n) is 6.53. The van der Waals surface area contributed by atoms with Gasteiger partial charge in [0.25, 0.3) is 5.91 Å². The second-order valence-electron chi connectivity index (χ2n) is 9.21. The molecule has 0 saturated heterocycles. The van der Waals surface area contributed by atoms with E-state index in [0.29, 0.717) is 12.1 Å². The van der Waals surface area contributed by atoms with Gasteiger partial charge in [-0.2, -0.15) is 5.06 Å². The SMILES string of the molecule is CON(C)Cc1ccc(O)c2c1C[C@H]1CC[C@@](O)(C(O)=C(C(N)=O)C(=O)CN(C)C)C(=O)C1=C2O. The van der Waals surface area contributed by atoms with Crippen molar-refractivity contribution in [3.63, 3.8) is 0 Å². The molecule has 0 spiro atoms. The Morgan fingerprint density at radius 2 is 1.89 bits per heavy atom. The number of aliphatic hydroxyl groups is 3.